The van der Waals surface area contributed by atoms with Crippen LogP contribution in [0.3, 0.4) is 0 Å². The van der Waals surface area contributed by atoms with E-state index >= 15 is 0 Å². The maximum Gasteiger partial charge on any atom is 0.120 e. The van der Waals surface area contributed by atoms with E-state index in [1.54, 1.807) is 11.8 Å². The van der Waals surface area contributed by atoms with Crippen LogP contribution in [0.1, 0.15) is 12.8 Å². The van der Waals surface area contributed by atoms with Gasteiger partial charge in [0, 0.05) is 6.42 Å². The van der Waals surface area contributed by atoms with Crippen molar-refractivity contribution >= 4 is 18.0 Å². The Morgan fingerprint density at radius 2 is 2.25 bits per heavy atom. The maximum atomic E-state index is 9.74. The fourth-order valence-electron chi connectivity index (χ4n) is 0.336. The number of hydrogen-bond donors (Lipinski definition) is 0. The molecule has 2 heteroatoms. The zero-order valence-corrected chi connectivity index (χ0v) is 5.75. The van der Waals surface area contributed by atoms with Gasteiger partial charge in [-0.1, -0.05) is 6.92 Å². The molecule has 0 heterocycles. The minimum atomic E-state index is 0.685. The molecule has 8 heavy (non-hydrogen) atoms. The van der Waals surface area contributed by atoms with E-state index in [4.69, 9.17) is 0 Å². The molecule has 0 aliphatic rings. The molecule has 1 nitrogen and oxygen atoms in total. The lowest BCUT2D eigenvalue weighted by Crippen LogP contribution is -1.81. The number of thioether (sulfide) groups is 1. The average Bonchev–Trinajstić information content (AvgIpc) is 1.81. The highest BCUT2D eigenvalue weighted by Gasteiger charge is 1.83. The molecule has 0 aromatic rings. The molecule has 0 unspecified atom stereocenters. The Balaban J connectivity index is 2.62. The molecule has 0 spiro atoms. The first-order valence-corrected chi connectivity index (χ1v) is 3.88. The van der Waals surface area contributed by atoms with E-state index in [1.165, 1.54) is 0 Å². The van der Waals surface area contributed by atoms with Crippen LogP contribution >= 0.6 is 11.8 Å². The van der Waals surface area contributed by atoms with Crippen LogP contribution in [0.4, 0.5) is 0 Å². The average molecular weight is 131 g/mol. The van der Waals surface area contributed by atoms with Crippen molar-refractivity contribution in [2.24, 2.45) is 0 Å². The van der Waals surface area contributed by atoms with E-state index in [9.17, 15) is 4.79 Å². The lowest BCUT2D eigenvalue weighted by atomic mass is 10.6. The molecule has 0 aromatic carbocycles. The zero-order chi connectivity index (χ0) is 6.24. The van der Waals surface area contributed by atoms with Gasteiger partial charge in [0.15, 0.2) is 0 Å². The quantitative estimate of drug-likeness (QED) is 0.416. The summed E-state index contributed by atoms with van der Waals surface area (Å²) in [5.41, 5.74) is 0. The number of carbonyl (C=O) groups excluding carboxylic acids is 1. The lowest BCUT2D eigenvalue weighted by molar-refractivity contribution is -0.107. The highest BCUT2D eigenvalue weighted by Crippen LogP contribution is 2.01. The fraction of sp³-hybridized carbons (Fsp3) is 0.667. The minimum absolute atomic E-state index is 0.685. The smallest absolute Gasteiger partial charge is 0.120 e. The Hall–Kier alpha value is 0.0200. The van der Waals surface area contributed by atoms with Crippen LogP contribution in [0.15, 0.2) is 0 Å². The molecule has 0 saturated heterocycles. The third kappa shape index (κ3) is 6.02. The molecule has 0 aliphatic heterocycles. The van der Waals surface area contributed by atoms with Crippen LogP contribution in [0.5, 0.6) is 0 Å². The fourth-order valence-corrected chi connectivity index (χ4v) is 1.01. The van der Waals surface area contributed by atoms with Crippen molar-refractivity contribution in [1.29, 1.82) is 0 Å². The van der Waals surface area contributed by atoms with Gasteiger partial charge in [-0.05, 0) is 17.9 Å². The predicted octanol–water partition coefficient (Wildman–Crippen LogP) is 1.53. The summed E-state index contributed by atoms with van der Waals surface area (Å²) in [7, 11) is 0. The Labute approximate surface area is 54.8 Å². The topological polar surface area (TPSA) is 17.1 Å². The van der Waals surface area contributed by atoms with Gasteiger partial charge >= 0.3 is 0 Å². The third-order valence-electron chi connectivity index (χ3n) is 0.669. The van der Waals surface area contributed by atoms with E-state index in [-0.39, 0.29) is 0 Å². The molecule has 47 valence electrons. The van der Waals surface area contributed by atoms with Gasteiger partial charge in [-0.3, -0.25) is 0 Å². The first-order chi connectivity index (χ1) is 3.91. The summed E-state index contributed by atoms with van der Waals surface area (Å²) in [4.78, 5) is 9.74. The number of carbonyl (C=O) groups is 1. The molecule has 0 atom stereocenters. The second kappa shape index (κ2) is 7.02. The molecule has 0 aromatic heterocycles. The van der Waals surface area contributed by atoms with Gasteiger partial charge in [-0.15, -0.1) is 0 Å². The van der Waals surface area contributed by atoms with Gasteiger partial charge < -0.3 is 4.79 Å². The first-order valence-electron chi connectivity index (χ1n) is 2.72. The van der Waals surface area contributed by atoms with Crippen LogP contribution in [0, 0.1) is 6.92 Å². The van der Waals surface area contributed by atoms with E-state index in [1.807, 2.05) is 0 Å². The molecule has 0 aliphatic carbocycles. The summed E-state index contributed by atoms with van der Waals surface area (Å²) in [6.07, 6.45) is 2.60. The van der Waals surface area contributed by atoms with Crippen molar-refractivity contribution < 1.29 is 4.79 Å². The van der Waals surface area contributed by atoms with Crippen LogP contribution in [0.25, 0.3) is 0 Å². The Morgan fingerprint density at radius 3 is 2.75 bits per heavy atom. The van der Waals surface area contributed by atoms with Gasteiger partial charge in [0.2, 0.25) is 0 Å². The molecular formula is C6H11OS. The second-order valence-electron chi connectivity index (χ2n) is 1.42. The van der Waals surface area contributed by atoms with Crippen molar-refractivity contribution in [2.45, 2.75) is 12.8 Å². The van der Waals surface area contributed by atoms with E-state index in [2.05, 4.69) is 6.92 Å². The molecule has 0 rings (SSSR count). The first kappa shape index (κ1) is 8.02. The summed E-state index contributed by atoms with van der Waals surface area (Å²) in [6, 6.07) is 0. The Kier molecular flexibility index (Phi) is 7.04. The third-order valence-corrected chi connectivity index (χ3v) is 1.77. The second-order valence-corrected chi connectivity index (χ2v) is 2.65. The molecular weight excluding hydrogens is 120 g/mol. The van der Waals surface area contributed by atoms with Gasteiger partial charge in [0.1, 0.15) is 6.29 Å². The summed E-state index contributed by atoms with van der Waals surface area (Å²) < 4.78 is 0. The van der Waals surface area contributed by atoms with Gasteiger partial charge in [0.25, 0.3) is 0 Å². The van der Waals surface area contributed by atoms with Crippen molar-refractivity contribution in [3.63, 3.8) is 0 Å². The van der Waals surface area contributed by atoms with Gasteiger partial charge in [-0.25, -0.2) is 0 Å². The van der Waals surface area contributed by atoms with Crippen molar-refractivity contribution in [2.75, 3.05) is 11.5 Å². The van der Waals surface area contributed by atoms with Crippen LogP contribution < -0.4 is 0 Å². The summed E-state index contributed by atoms with van der Waals surface area (Å²) in [6.45, 7) is 3.67. The van der Waals surface area contributed by atoms with Crippen molar-refractivity contribution in [3.8, 4) is 0 Å². The predicted molar refractivity (Wildman–Crippen MR) is 38.0 cm³/mol. The van der Waals surface area contributed by atoms with Gasteiger partial charge in [0.05, 0.1) is 0 Å². The minimum Gasteiger partial charge on any atom is -0.303 e. The summed E-state index contributed by atoms with van der Waals surface area (Å²) in [5.74, 6) is 2.03. The molecule has 0 fully saturated rings. The largest absolute Gasteiger partial charge is 0.303 e. The normalized spacial score (nSPS) is 9.12. The Bertz CT molecular complexity index is 54.5. The molecule has 1 radical (unpaired) electrons. The van der Waals surface area contributed by atoms with E-state index < -0.39 is 0 Å². The Morgan fingerprint density at radius 1 is 1.50 bits per heavy atom. The van der Waals surface area contributed by atoms with Crippen LogP contribution in [-0.4, -0.2) is 17.8 Å². The van der Waals surface area contributed by atoms with Crippen LogP contribution in [-0.2, 0) is 4.79 Å². The standard InChI is InChI=1S/C6H11OS/c1-2-5-8-6-3-4-7/h4H,1-3,5-6H2. The molecule has 0 amide bonds. The number of hydrogen-bond acceptors (Lipinski definition) is 2. The number of aldehydes is 1. The van der Waals surface area contributed by atoms with Crippen molar-refractivity contribution in [1.82, 2.24) is 0 Å². The van der Waals surface area contributed by atoms with E-state index in [0.717, 1.165) is 24.2 Å². The SMILES string of the molecule is [CH2]CCSCCC=O. The van der Waals surface area contributed by atoms with Gasteiger partial charge in [-0.2, -0.15) is 11.8 Å². The lowest BCUT2D eigenvalue weighted by Gasteiger charge is -1.90. The van der Waals surface area contributed by atoms with Crippen molar-refractivity contribution in [3.05, 3.63) is 6.92 Å². The highest BCUT2D eigenvalue weighted by atomic mass is 32.2. The van der Waals surface area contributed by atoms with E-state index in [0.29, 0.717) is 6.42 Å². The molecule has 0 bridgehead atoms. The molecule has 0 N–H and O–H groups in total. The monoisotopic (exact) mass is 131 g/mol. The zero-order valence-electron chi connectivity index (χ0n) is 4.93. The number of rotatable bonds is 5. The summed E-state index contributed by atoms with van der Waals surface area (Å²) in [5, 5.41) is 0. The highest BCUT2D eigenvalue weighted by molar-refractivity contribution is 7.99. The van der Waals surface area contributed by atoms with Crippen LogP contribution in [0.2, 0.25) is 0 Å². The molecule has 0 saturated carbocycles. The summed E-state index contributed by atoms with van der Waals surface area (Å²) >= 11 is 1.78. The maximum absolute atomic E-state index is 9.74.